The van der Waals surface area contributed by atoms with Gasteiger partial charge in [-0.1, -0.05) is 12.1 Å². The minimum atomic E-state index is 0.364. The third-order valence-corrected chi connectivity index (χ3v) is 2.22. The second-order valence-electron chi connectivity index (χ2n) is 3.61. The summed E-state index contributed by atoms with van der Waals surface area (Å²) >= 11 is 0. The van der Waals surface area contributed by atoms with Crippen LogP contribution in [-0.4, -0.2) is 12.1 Å². The Labute approximate surface area is 105 Å². The number of rotatable bonds is 5. The first-order valence-corrected chi connectivity index (χ1v) is 5.42. The van der Waals surface area contributed by atoms with E-state index in [1.54, 1.807) is 18.3 Å². The topological polar surface area (TPSA) is 66.6 Å². The number of pyridine rings is 1. The molecule has 0 unspecified atom stereocenters. The van der Waals surface area contributed by atoms with Gasteiger partial charge in [-0.3, -0.25) is 0 Å². The van der Waals surface area contributed by atoms with Crippen molar-refractivity contribution in [1.82, 2.24) is 4.98 Å². The standard InChI is InChI=1S/C13H14N2O3/c1-16-17-9-10-3-2-4-12(7-10)18-13-6-5-11(14)8-15-13/h2-8H,9,14H2,1H3. The molecule has 0 bridgehead atoms. The Hall–Kier alpha value is -2.11. The maximum Gasteiger partial charge on any atom is 0.219 e. The fourth-order valence-electron chi connectivity index (χ4n) is 1.40. The first kappa shape index (κ1) is 12.3. The van der Waals surface area contributed by atoms with Gasteiger partial charge in [0.25, 0.3) is 0 Å². The Kier molecular flexibility index (Phi) is 4.11. The maximum atomic E-state index is 5.59. The van der Waals surface area contributed by atoms with Crippen LogP contribution in [0.3, 0.4) is 0 Å². The molecule has 2 N–H and O–H groups in total. The average Bonchev–Trinajstić information content (AvgIpc) is 2.40. The van der Waals surface area contributed by atoms with Crippen molar-refractivity contribution < 1.29 is 14.5 Å². The van der Waals surface area contributed by atoms with Crippen LogP contribution in [0.1, 0.15) is 5.56 Å². The summed E-state index contributed by atoms with van der Waals surface area (Å²) in [5, 5.41) is 0. The van der Waals surface area contributed by atoms with Crippen molar-refractivity contribution in [3.63, 3.8) is 0 Å². The SMILES string of the molecule is COOCc1cccc(Oc2ccc(N)cn2)c1. The Morgan fingerprint density at radius 2 is 2.11 bits per heavy atom. The summed E-state index contributed by atoms with van der Waals surface area (Å²) in [6, 6.07) is 10.9. The summed E-state index contributed by atoms with van der Waals surface area (Å²) < 4.78 is 5.59. The van der Waals surface area contributed by atoms with E-state index in [2.05, 4.69) is 9.87 Å². The fourth-order valence-corrected chi connectivity index (χ4v) is 1.40. The van der Waals surface area contributed by atoms with Crippen molar-refractivity contribution in [3.05, 3.63) is 48.2 Å². The molecule has 0 fully saturated rings. The minimum Gasteiger partial charge on any atom is -0.439 e. The Balaban J connectivity index is 2.06. The van der Waals surface area contributed by atoms with E-state index < -0.39 is 0 Å². The lowest BCUT2D eigenvalue weighted by molar-refractivity contribution is -0.282. The molecule has 1 heterocycles. The molecular formula is C13H14N2O3. The van der Waals surface area contributed by atoms with Gasteiger partial charge in [-0.15, -0.1) is 0 Å². The normalized spacial score (nSPS) is 10.3. The highest BCUT2D eigenvalue weighted by atomic mass is 17.2. The van der Waals surface area contributed by atoms with Gasteiger partial charge in [0.1, 0.15) is 12.4 Å². The zero-order valence-corrected chi connectivity index (χ0v) is 10.00. The average molecular weight is 246 g/mol. The van der Waals surface area contributed by atoms with Gasteiger partial charge in [-0.05, 0) is 23.8 Å². The molecule has 1 aromatic heterocycles. The van der Waals surface area contributed by atoms with Gasteiger partial charge in [0.2, 0.25) is 5.88 Å². The van der Waals surface area contributed by atoms with Crippen LogP contribution >= 0.6 is 0 Å². The number of nitrogen functional groups attached to an aromatic ring is 1. The molecule has 0 radical (unpaired) electrons. The lowest BCUT2D eigenvalue weighted by Crippen LogP contribution is -1.93. The molecule has 0 aliphatic rings. The largest absolute Gasteiger partial charge is 0.439 e. The van der Waals surface area contributed by atoms with Crippen molar-refractivity contribution in [1.29, 1.82) is 0 Å². The molecule has 0 saturated carbocycles. The summed E-state index contributed by atoms with van der Waals surface area (Å²) in [5.74, 6) is 1.18. The number of hydrogen-bond acceptors (Lipinski definition) is 5. The Morgan fingerprint density at radius 1 is 1.22 bits per heavy atom. The molecular weight excluding hydrogens is 232 g/mol. The number of anilines is 1. The second kappa shape index (κ2) is 6.00. The van der Waals surface area contributed by atoms with Crippen LogP contribution in [0.25, 0.3) is 0 Å². The Bertz CT molecular complexity index is 500. The van der Waals surface area contributed by atoms with Gasteiger partial charge < -0.3 is 10.5 Å². The van der Waals surface area contributed by atoms with Crippen LogP contribution in [0.15, 0.2) is 42.6 Å². The van der Waals surface area contributed by atoms with Crippen LogP contribution in [0.2, 0.25) is 0 Å². The highest BCUT2D eigenvalue weighted by Crippen LogP contribution is 2.21. The molecule has 0 aliphatic carbocycles. The monoisotopic (exact) mass is 246 g/mol. The summed E-state index contributed by atoms with van der Waals surface area (Å²) in [6.07, 6.45) is 1.55. The number of nitrogens with two attached hydrogens (primary N) is 1. The predicted octanol–water partition coefficient (Wildman–Crippen LogP) is 2.53. The van der Waals surface area contributed by atoms with Crippen LogP contribution in [0.5, 0.6) is 11.6 Å². The number of nitrogens with zero attached hydrogens (tertiary/aromatic N) is 1. The highest BCUT2D eigenvalue weighted by Gasteiger charge is 2.00. The quantitative estimate of drug-likeness (QED) is 0.648. The third kappa shape index (κ3) is 3.44. The van der Waals surface area contributed by atoms with Gasteiger partial charge in [0.15, 0.2) is 0 Å². The van der Waals surface area contributed by atoms with E-state index in [4.69, 9.17) is 15.4 Å². The second-order valence-corrected chi connectivity index (χ2v) is 3.61. The minimum absolute atomic E-state index is 0.364. The van der Waals surface area contributed by atoms with Gasteiger partial charge in [0.05, 0.1) is 19.0 Å². The van der Waals surface area contributed by atoms with Gasteiger partial charge in [-0.25, -0.2) is 14.8 Å². The lowest BCUT2D eigenvalue weighted by atomic mass is 10.2. The van der Waals surface area contributed by atoms with Gasteiger partial charge >= 0.3 is 0 Å². The molecule has 5 nitrogen and oxygen atoms in total. The molecule has 0 spiro atoms. The van der Waals surface area contributed by atoms with E-state index in [0.29, 0.717) is 23.9 Å². The molecule has 2 rings (SSSR count). The fraction of sp³-hybridized carbons (Fsp3) is 0.154. The molecule has 94 valence electrons. The zero-order valence-electron chi connectivity index (χ0n) is 10.00. The molecule has 0 aliphatic heterocycles. The van der Waals surface area contributed by atoms with Gasteiger partial charge in [0, 0.05) is 6.07 Å². The van der Waals surface area contributed by atoms with Crippen molar-refractivity contribution in [2.24, 2.45) is 0 Å². The van der Waals surface area contributed by atoms with Crippen molar-refractivity contribution in [2.45, 2.75) is 6.61 Å². The zero-order chi connectivity index (χ0) is 12.8. The molecule has 5 heteroatoms. The number of hydrogen-bond donors (Lipinski definition) is 1. The van der Waals surface area contributed by atoms with Crippen LogP contribution in [-0.2, 0) is 16.4 Å². The molecule has 0 saturated heterocycles. The summed E-state index contributed by atoms with van der Waals surface area (Å²) in [6.45, 7) is 0.364. The van der Waals surface area contributed by atoms with E-state index >= 15 is 0 Å². The maximum absolute atomic E-state index is 5.59. The summed E-state index contributed by atoms with van der Waals surface area (Å²) in [5.41, 5.74) is 7.10. The van der Waals surface area contributed by atoms with Crippen LogP contribution < -0.4 is 10.5 Å². The molecule has 18 heavy (non-hydrogen) atoms. The first-order chi connectivity index (χ1) is 8.78. The number of aromatic nitrogens is 1. The summed E-state index contributed by atoms with van der Waals surface area (Å²) in [4.78, 5) is 13.5. The number of benzene rings is 1. The predicted molar refractivity (Wildman–Crippen MR) is 67.0 cm³/mol. The van der Waals surface area contributed by atoms with E-state index in [1.807, 2.05) is 24.3 Å². The molecule has 1 aromatic carbocycles. The molecule has 2 aromatic rings. The van der Waals surface area contributed by atoms with E-state index in [1.165, 1.54) is 7.11 Å². The van der Waals surface area contributed by atoms with Crippen molar-refractivity contribution in [3.8, 4) is 11.6 Å². The Morgan fingerprint density at radius 3 is 2.83 bits per heavy atom. The molecule has 0 amide bonds. The summed E-state index contributed by atoms with van der Waals surface area (Å²) in [7, 11) is 1.47. The first-order valence-electron chi connectivity index (χ1n) is 5.42. The van der Waals surface area contributed by atoms with Gasteiger partial charge in [-0.2, -0.15) is 0 Å². The van der Waals surface area contributed by atoms with E-state index in [0.717, 1.165) is 5.56 Å². The highest BCUT2D eigenvalue weighted by molar-refractivity contribution is 5.38. The van der Waals surface area contributed by atoms with Crippen molar-refractivity contribution >= 4 is 5.69 Å². The van der Waals surface area contributed by atoms with E-state index in [9.17, 15) is 0 Å². The van der Waals surface area contributed by atoms with Crippen LogP contribution in [0, 0.1) is 0 Å². The molecule has 0 atom stereocenters. The van der Waals surface area contributed by atoms with Crippen molar-refractivity contribution in [2.75, 3.05) is 12.8 Å². The third-order valence-electron chi connectivity index (χ3n) is 2.22. The van der Waals surface area contributed by atoms with Crippen LogP contribution in [0.4, 0.5) is 5.69 Å². The number of ether oxygens (including phenoxy) is 1. The van der Waals surface area contributed by atoms with E-state index in [-0.39, 0.29) is 0 Å². The smallest absolute Gasteiger partial charge is 0.219 e. The lowest BCUT2D eigenvalue weighted by Gasteiger charge is -2.06.